The van der Waals surface area contributed by atoms with Gasteiger partial charge < -0.3 is 16.2 Å². The summed E-state index contributed by atoms with van der Waals surface area (Å²) in [6.45, 7) is 3.24. The molecule has 0 fully saturated rings. The van der Waals surface area contributed by atoms with E-state index >= 15 is 0 Å². The minimum Gasteiger partial charge on any atom is -0.484 e. The Labute approximate surface area is 104 Å². The number of primary amides is 1. The smallest absolute Gasteiger partial charge is 0.311 e. The van der Waals surface area contributed by atoms with E-state index in [0.29, 0.717) is 5.56 Å². The van der Waals surface area contributed by atoms with Crippen molar-refractivity contribution in [1.29, 1.82) is 0 Å². The minimum absolute atomic E-state index is 0.113. The molecule has 7 nitrogen and oxygen atoms in total. The Kier molecular flexibility index (Phi) is 4.22. The molecule has 1 aromatic rings. The number of aryl methyl sites for hydroxylation is 2. The van der Waals surface area contributed by atoms with Gasteiger partial charge in [-0.3, -0.25) is 14.9 Å². The SMILES string of the molecule is Cc1cc(C)c(OCC(N)C(N)=O)c([N+](=O)[O-])c1. The maximum atomic E-state index is 10.9. The molecule has 0 heterocycles. The number of amides is 1. The summed E-state index contributed by atoms with van der Waals surface area (Å²) in [5.74, 6) is -0.607. The molecule has 18 heavy (non-hydrogen) atoms. The fourth-order valence-electron chi connectivity index (χ4n) is 1.51. The topological polar surface area (TPSA) is 121 Å². The number of carbonyl (C=O) groups excluding carboxylic acids is 1. The number of rotatable bonds is 5. The van der Waals surface area contributed by atoms with E-state index < -0.39 is 16.9 Å². The number of nitrogens with two attached hydrogens (primary N) is 2. The Morgan fingerprint density at radius 1 is 1.50 bits per heavy atom. The number of nitrogens with zero attached hydrogens (tertiary/aromatic N) is 1. The number of benzene rings is 1. The summed E-state index contributed by atoms with van der Waals surface area (Å²) in [4.78, 5) is 21.1. The van der Waals surface area contributed by atoms with E-state index in [-0.39, 0.29) is 18.0 Å². The second-order valence-electron chi connectivity index (χ2n) is 4.01. The molecule has 1 atom stereocenters. The lowest BCUT2D eigenvalue weighted by Crippen LogP contribution is -2.41. The molecule has 0 spiro atoms. The number of hydrogen-bond acceptors (Lipinski definition) is 5. The van der Waals surface area contributed by atoms with Gasteiger partial charge in [-0.05, 0) is 25.0 Å². The van der Waals surface area contributed by atoms with Gasteiger partial charge in [0.2, 0.25) is 5.91 Å². The third-order valence-electron chi connectivity index (χ3n) is 2.37. The van der Waals surface area contributed by atoms with Gasteiger partial charge in [-0.2, -0.15) is 0 Å². The summed E-state index contributed by atoms with van der Waals surface area (Å²) in [6, 6.07) is 2.15. The van der Waals surface area contributed by atoms with Crippen molar-refractivity contribution in [1.82, 2.24) is 0 Å². The monoisotopic (exact) mass is 253 g/mol. The van der Waals surface area contributed by atoms with E-state index in [2.05, 4.69) is 0 Å². The minimum atomic E-state index is -0.995. The second-order valence-corrected chi connectivity index (χ2v) is 4.01. The van der Waals surface area contributed by atoms with Gasteiger partial charge in [0.05, 0.1) is 4.92 Å². The first kappa shape index (κ1) is 13.9. The van der Waals surface area contributed by atoms with Gasteiger partial charge in [0.15, 0.2) is 5.75 Å². The molecule has 0 saturated carbocycles. The molecular formula is C11H15N3O4. The standard InChI is InChI=1S/C11H15N3O4/c1-6-3-7(2)10(9(4-6)14(16)17)18-5-8(12)11(13)15/h3-4,8H,5,12H2,1-2H3,(H2,13,15). The van der Waals surface area contributed by atoms with Crippen LogP contribution < -0.4 is 16.2 Å². The molecule has 4 N–H and O–H groups in total. The van der Waals surface area contributed by atoms with Crippen molar-refractivity contribution in [3.05, 3.63) is 33.4 Å². The third-order valence-corrected chi connectivity index (χ3v) is 2.37. The first-order valence-electron chi connectivity index (χ1n) is 5.26. The van der Waals surface area contributed by atoms with Crippen LogP contribution in [0.1, 0.15) is 11.1 Å². The summed E-state index contributed by atoms with van der Waals surface area (Å²) in [5.41, 5.74) is 11.6. The van der Waals surface area contributed by atoms with Crippen molar-refractivity contribution in [3.63, 3.8) is 0 Å². The highest BCUT2D eigenvalue weighted by Gasteiger charge is 2.20. The molecule has 1 amide bonds. The number of carbonyl (C=O) groups is 1. The molecule has 0 radical (unpaired) electrons. The van der Waals surface area contributed by atoms with Gasteiger partial charge in [0.1, 0.15) is 12.6 Å². The van der Waals surface area contributed by atoms with E-state index in [1.165, 1.54) is 6.07 Å². The molecule has 0 saturated heterocycles. The summed E-state index contributed by atoms with van der Waals surface area (Å²) in [7, 11) is 0. The van der Waals surface area contributed by atoms with E-state index in [0.717, 1.165) is 5.56 Å². The molecule has 1 unspecified atom stereocenters. The normalized spacial score (nSPS) is 11.9. The van der Waals surface area contributed by atoms with Crippen LogP contribution in [-0.2, 0) is 4.79 Å². The zero-order valence-corrected chi connectivity index (χ0v) is 10.2. The Morgan fingerprint density at radius 3 is 2.61 bits per heavy atom. The van der Waals surface area contributed by atoms with E-state index in [4.69, 9.17) is 16.2 Å². The number of ether oxygens (including phenoxy) is 1. The lowest BCUT2D eigenvalue weighted by molar-refractivity contribution is -0.386. The van der Waals surface area contributed by atoms with Crippen LogP contribution in [0.25, 0.3) is 0 Å². The van der Waals surface area contributed by atoms with Crippen molar-refractivity contribution in [3.8, 4) is 5.75 Å². The maximum Gasteiger partial charge on any atom is 0.311 e. The summed E-state index contributed by atoms with van der Waals surface area (Å²) >= 11 is 0. The lowest BCUT2D eigenvalue weighted by Gasteiger charge is -2.12. The fourth-order valence-corrected chi connectivity index (χ4v) is 1.51. The van der Waals surface area contributed by atoms with Crippen molar-refractivity contribution in [2.45, 2.75) is 19.9 Å². The molecule has 0 bridgehead atoms. The van der Waals surface area contributed by atoms with Gasteiger partial charge in [-0.1, -0.05) is 6.07 Å². The molecule has 7 heteroatoms. The van der Waals surface area contributed by atoms with Crippen LogP contribution in [0, 0.1) is 24.0 Å². The summed E-state index contributed by atoms with van der Waals surface area (Å²) < 4.78 is 5.24. The van der Waals surface area contributed by atoms with Gasteiger partial charge >= 0.3 is 5.69 Å². The average molecular weight is 253 g/mol. The van der Waals surface area contributed by atoms with E-state index in [1.807, 2.05) is 0 Å². The van der Waals surface area contributed by atoms with Gasteiger partial charge in [0.25, 0.3) is 0 Å². The molecule has 98 valence electrons. The van der Waals surface area contributed by atoms with Crippen LogP contribution in [-0.4, -0.2) is 23.5 Å². The first-order chi connectivity index (χ1) is 8.32. The Morgan fingerprint density at radius 2 is 2.11 bits per heavy atom. The van der Waals surface area contributed by atoms with Crippen molar-refractivity contribution in [2.24, 2.45) is 11.5 Å². The van der Waals surface area contributed by atoms with Gasteiger partial charge in [-0.15, -0.1) is 0 Å². The molecular weight excluding hydrogens is 238 g/mol. The third kappa shape index (κ3) is 3.17. The fraction of sp³-hybridized carbons (Fsp3) is 0.364. The van der Waals surface area contributed by atoms with Crippen LogP contribution in [0.2, 0.25) is 0 Å². The summed E-state index contributed by atoms with van der Waals surface area (Å²) in [6.07, 6.45) is 0. The van der Waals surface area contributed by atoms with E-state index in [9.17, 15) is 14.9 Å². The van der Waals surface area contributed by atoms with E-state index in [1.54, 1.807) is 19.9 Å². The maximum absolute atomic E-state index is 10.9. The molecule has 0 aliphatic heterocycles. The highest BCUT2D eigenvalue weighted by Crippen LogP contribution is 2.31. The van der Waals surface area contributed by atoms with Crippen LogP contribution in [0.5, 0.6) is 5.75 Å². The molecule has 1 rings (SSSR count). The Hall–Kier alpha value is -2.15. The lowest BCUT2D eigenvalue weighted by atomic mass is 10.1. The van der Waals surface area contributed by atoms with Crippen LogP contribution in [0.15, 0.2) is 12.1 Å². The van der Waals surface area contributed by atoms with Crippen molar-refractivity contribution in [2.75, 3.05) is 6.61 Å². The number of nitro benzene ring substituents is 1. The van der Waals surface area contributed by atoms with Gasteiger partial charge in [0, 0.05) is 6.07 Å². The van der Waals surface area contributed by atoms with Crippen LogP contribution in [0.4, 0.5) is 5.69 Å². The highest BCUT2D eigenvalue weighted by molar-refractivity contribution is 5.79. The summed E-state index contributed by atoms with van der Waals surface area (Å²) in [5, 5.41) is 10.9. The number of nitro groups is 1. The highest BCUT2D eigenvalue weighted by atomic mass is 16.6. The molecule has 0 aliphatic carbocycles. The van der Waals surface area contributed by atoms with Crippen molar-refractivity contribution >= 4 is 11.6 Å². The van der Waals surface area contributed by atoms with Crippen LogP contribution in [0.3, 0.4) is 0 Å². The zero-order valence-electron chi connectivity index (χ0n) is 10.2. The quantitative estimate of drug-likeness (QED) is 0.581. The molecule has 0 aliphatic rings. The predicted molar refractivity (Wildman–Crippen MR) is 65.2 cm³/mol. The Bertz CT molecular complexity index is 487. The number of hydrogen-bond donors (Lipinski definition) is 2. The largest absolute Gasteiger partial charge is 0.484 e. The predicted octanol–water partition coefficient (Wildman–Crippen LogP) is 0.403. The average Bonchev–Trinajstić information content (AvgIpc) is 2.26. The zero-order chi connectivity index (χ0) is 13.9. The molecule has 1 aromatic carbocycles. The second kappa shape index (κ2) is 5.46. The van der Waals surface area contributed by atoms with Gasteiger partial charge in [-0.25, -0.2) is 0 Å². The first-order valence-corrected chi connectivity index (χ1v) is 5.26. The van der Waals surface area contributed by atoms with Crippen molar-refractivity contribution < 1.29 is 14.5 Å². The Balaban J connectivity index is 3.00. The van der Waals surface area contributed by atoms with Crippen LogP contribution >= 0.6 is 0 Å². The molecule has 0 aromatic heterocycles.